The molecule has 1 saturated carbocycles. The van der Waals surface area contributed by atoms with Crippen molar-refractivity contribution in [2.45, 2.75) is 19.3 Å². The summed E-state index contributed by atoms with van der Waals surface area (Å²) in [5.74, 6) is -0.997. The molecule has 122 valence electrons. The van der Waals surface area contributed by atoms with E-state index in [-0.39, 0.29) is 18.4 Å². The van der Waals surface area contributed by atoms with Gasteiger partial charge in [0.15, 0.2) is 0 Å². The van der Waals surface area contributed by atoms with Gasteiger partial charge >= 0.3 is 12.0 Å². The summed E-state index contributed by atoms with van der Waals surface area (Å²) >= 11 is 0. The number of nitrogens with one attached hydrogen (secondary N) is 1. The van der Waals surface area contributed by atoms with Crippen molar-refractivity contribution in [3.8, 4) is 0 Å². The zero-order chi connectivity index (χ0) is 16.6. The number of carbonyl (C=O) groups is 3. The average molecular weight is 317 g/mol. The Labute approximate surface area is 133 Å². The van der Waals surface area contributed by atoms with Gasteiger partial charge in [0.25, 0.3) is 5.91 Å². The Kier molecular flexibility index (Phi) is 3.71. The molecule has 3 amide bonds. The van der Waals surface area contributed by atoms with Crippen molar-refractivity contribution in [3.63, 3.8) is 0 Å². The number of amides is 3. The first-order chi connectivity index (χ1) is 10.9. The van der Waals surface area contributed by atoms with Crippen LogP contribution in [0.1, 0.15) is 29.6 Å². The van der Waals surface area contributed by atoms with Crippen LogP contribution in [-0.2, 0) is 4.79 Å². The van der Waals surface area contributed by atoms with Gasteiger partial charge < -0.3 is 21.1 Å². The van der Waals surface area contributed by atoms with Gasteiger partial charge in [0.05, 0.1) is 5.41 Å². The van der Waals surface area contributed by atoms with Crippen LogP contribution in [0.4, 0.5) is 10.5 Å². The number of fused-ring (bicyclic) bond motifs is 1. The number of anilines is 1. The number of nitrogens with zero attached hydrogens (tertiary/aromatic N) is 1. The minimum absolute atomic E-state index is 0.0240. The molecule has 3 rings (SSSR count). The highest BCUT2D eigenvalue weighted by molar-refractivity contribution is 5.97. The van der Waals surface area contributed by atoms with Crippen LogP contribution < -0.4 is 11.1 Å². The second-order valence-corrected chi connectivity index (χ2v) is 6.31. The second kappa shape index (κ2) is 5.57. The average Bonchev–Trinajstić information content (AvgIpc) is 3.04. The van der Waals surface area contributed by atoms with E-state index in [9.17, 15) is 19.5 Å². The number of benzene rings is 1. The van der Waals surface area contributed by atoms with E-state index in [0.717, 1.165) is 12.8 Å². The zero-order valence-corrected chi connectivity index (χ0v) is 12.6. The summed E-state index contributed by atoms with van der Waals surface area (Å²) in [6, 6.07) is 5.79. The minimum atomic E-state index is -0.806. The SMILES string of the molecule is NC(=O)Nc1cccc(C(=O)N2C[C@@H]3CCC[C@@]3(C(=O)O)C2)c1. The van der Waals surface area contributed by atoms with Crippen LogP contribution in [-0.4, -0.2) is 41.0 Å². The highest BCUT2D eigenvalue weighted by Crippen LogP contribution is 2.49. The molecule has 23 heavy (non-hydrogen) atoms. The van der Waals surface area contributed by atoms with Gasteiger partial charge in [-0.3, -0.25) is 9.59 Å². The van der Waals surface area contributed by atoms with E-state index < -0.39 is 17.4 Å². The lowest BCUT2D eigenvalue weighted by molar-refractivity contribution is -0.149. The lowest BCUT2D eigenvalue weighted by Crippen LogP contribution is -2.37. The fourth-order valence-electron chi connectivity index (χ4n) is 3.85. The smallest absolute Gasteiger partial charge is 0.316 e. The largest absolute Gasteiger partial charge is 0.481 e. The number of hydrogen-bond acceptors (Lipinski definition) is 3. The fraction of sp³-hybridized carbons (Fsp3) is 0.438. The van der Waals surface area contributed by atoms with Crippen molar-refractivity contribution in [2.75, 3.05) is 18.4 Å². The molecule has 1 aliphatic carbocycles. The van der Waals surface area contributed by atoms with E-state index in [1.54, 1.807) is 29.2 Å². The lowest BCUT2D eigenvalue weighted by Gasteiger charge is -2.23. The molecule has 1 aliphatic heterocycles. The van der Waals surface area contributed by atoms with Gasteiger partial charge in [0.2, 0.25) is 0 Å². The van der Waals surface area contributed by atoms with E-state index in [1.807, 2.05) is 0 Å². The van der Waals surface area contributed by atoms with Crippen molar-refractivity contribution in [1.29, 1.82) is 0 Å². The van der Waals surface area contributed by atoms with E-state index in [0.29, 0.717) is 24.2 Å². The predicted octanol–water partition coefficient (Wildman–Crippen LogP) is 1.50. The van der Waals surface area contributed by atoms with Gasteiger partial charge in [0, 0.05) is 24.3 Å². The molecule has 1 heterocycles. The van der Waals surface area contributed by atoms with Crippen LogP contribution in [0.2, 0.25) is 0 Å². The molecule has 2 fully saturated rings. The van der Waals surface area contributed by atoms with Crippen molar-refractivity contribution >= 4 is 23.6 Å². The zero-order valence-electron chi connectivity index (χ0n) is 12.6. The lowest BCUT2D eigenvalue weighted by atomic mass is 9.81. The molecule has 1 aromatic rings. The summed E-state index contributed by atoms with van der Waals surface area (Å²) in [5.41, 5.74) is 5.14. The molecular weight excluding hydrogens is 298 g/mol. The van der Waals surface area contributed by atoms with Crippen molar-refractivity contribution < 1.29 is 19.5 Å². The number of primary amides is 1. The molecule has 0 spiro atoms. The molecule has 7 nitrogen and oxygen atoms in total. The molecule has 7 heteroatoms. The van der Waals surface area contributed by atoms with E-state index >= 15 is 0 Å². The summed E-state index contributed by atoms with van der Waals surface area (Å²) in [6.07, 6.45) is 2.37. The van der Waals surface area contributed by atoms with Crippen LogP contribution >= 0.6 is 0 Å². The summed E-state index contributed by atoms with van der Waals surface area (Å²) in [4.78, 5) is 36.9. The number of carboxylic acids is 1. The van der Waals surface area contributed by atoms with Gasteiger partial charge in [-0.15, -0.1) is 0 Å². The molecule has 1 saturated heterocycles. The van der Waals surface area contributed by atoms with Gasteiger partial charge in [0.1, 0.15) is 0 Å². The monoisotopic (exact) mass is 317 g/mol. The Hall–Kier alpha value is -2.57. The number of carboxylic acid groups (broad SMARTS) is 1. The Balaban J connectivity index is 1.80. The van der Waals surface area contributed by atoms with Crippen LogP contribution in [0, 0.1) is 11.3 Å². The summed E-state index contributed by atoms with van der Waals surface area (Å²) in [7, 11) is 0. The molecule has 1 aromatic carbocycles. The summed E-state index contributed by atoms with van der Waals surface area (Å²) in [5, 5.41) is 12.0. The minimum Gasteiger partial charge on any atom is -0.481 e. The second-order valence-electron chi connectivity index (χ2n) is 6.31. The highest BCUT2D eigenvalue weighted by atomic mass is 16.4. The molecule has 0 radical (unpaired) electrons. The molecule has 2 atom stereocenters. The van der Waals surface area contributed by atoms with Crippen molar-refractivity contribution in [3.05, 3.63) is 29.8 Å². The topological polar surface area (TPSA) is 113 Å². The predicted molar refractivity (Wildman–Crippen MR) is 83.0 cm³/mol. The normalized spacial score (nSPS) is 25.9. The quantitative estimate of drug-likeness (QED) is 0.784. The number of carbonyl (C=O) groups excluding carboxylic acids is 2. The maximum Gasteiger partial charge on any atom is 0.316 e. The number of urea groups is 1. The van der Waals surface area contributed by atoms with Crippen LogP contribution in [0.5, 0.6) is 0 Å². The van der Waals surface area contributed by atoms with Crippen LogP contribution in [0.15, 0.2) is 24.3 Å². The fourth-order valence-corrected chi connectivity index (χ4v) is 3.85. The van der Waals surface area contributed by atoms with Gasteiger partial charge in [-0.1, -0.05) is 12.5 Å². The maximum atomic E-state index is 12.7. The third kappa shape index (κ3) is 2.62. The number of hydrogen-bond donors (Lipinski definition) is 3. The Morgan fingerprint density at radius 3 is 2.78 bits per heavy atom. The number of aliphatic carboxylic acids is 1. The van der Waals surface area contributed by atoms with Gasteiger partial charge in [-0.25, -0.2) is 4.79 Å². The number of rotatable bonds is 3. The highest BCUT2D eigenvalue weighted by Gasteiger charge is 2.55. The van der Waals surface area contributed by atoms with Crippen molar-refractivity contribution in [1.82, 2.24) is 4.90 Å². The summed E-state index contributed by atoms with van der Waals surface area (Å²) < 4.78 is 0. The molecule has 0 unspecified atom stereocenters. The van der Waals surface area contributed by atoms with Crippen LogP contribution in [0.3, 0.4) is 0 Å². The maximum absolute atomic E-state index is 12.7. The standard InChI is InChI=1S/C16H19N3O4/c17-15(23)18-12-5-1-3-10(7-12)13(20)19-8-11-4-2-6-16(11,9-19)14(21)22/h1,3,5,7,11H,2,4,6,8-9H2,(H,21,22)(H3,17,18,23)/t11-,16+/m0/s1. The van der Waals surface area contributed by atoms with Crippen LogP contribution in [0.25, 0.3) is 0 Å². The Morgan fingerprint density at radius 1 is 1.35 bits per heavy atom. The van der Waals surface area contributed by atoms with E-state index in [4.69, 9.17) is 5.73 Å². The first kappa shape index (κ1) is 15.3. The van der Waals surface area contributed by atoms with Crippen molar-refractivity contribution in [2.24, 2.45) is 17.1 Å². The van der Waals surface area contributed by atoms with E-state index in [2.05, 4.69) is 5.32 Å². The molecule has 2 aliphatic rings. The molecule has 0 bridgehead atoms. The molecular formula is C16H19N3O4. The van der Waals surface area contributed by atoms with E-state index in [1.165, 1.54) is 0 Å². The third-order valence-corrected chi connectivity index (χ3v) is 4.96. The number of likely N-dealkylation sites (tertiary alicyclic amines) is 1. The number of nitrogens with two attached hydrogens (primary N) is 1. The third-order valence-electron chi connectivity index (χ3n) is 4.96. The molecule has 0 aromatic heterocycles. The molecule has 4 N–H and O–H groups in total. The first-order valence-electron chi connectivity index (χ1n) is 7.61. The van der Waals surface area contributed by atoms with Gasteiger partial charge in [-0.2, -0.15) is 0 Å². The first-order valence-corrected chi connectivity index (χ1v) is 7.61. The summed E-state index contributed by atoms with van der Waals surface area (Å²) in [6.45, 7) is 0.720. The Morgan fingerprint density at radius 2 is 2.13 bits per heavy atom. The Bertz CT molecular complexity index is 675. The van der Waals surface area contributed by atoms with Gasteiger partial charge in [-0.05, 0) is 37.0 Å².